The highest BCUT2D eigenvalue weighted by Crippen LogP contribution is 2.29. The standard InChI is InChI=1S/C13H19NO4/c1-3-10(13(15)16)18-11-6-5-9(8-14)7-12(11)17-4-2/h5-7,10H,3-4,8,14H2,1-2H3,(H,15,16). The summed E-state index contributed by atoms with van der Waals surface area (Å²) < 4.78 is 10.9. The van der Waals surface area contributed by atoms with Gasteiger partial charge >= 0.3 is 5.97 Å². The van der Waals surface area contributed by atoms with Crippen molar-refractivity contribution in [1.82, 2.24) is 0 Å². The van der Waals surface area contributed by atoms with Crippen LogP contribution in [0.15, 0.2) is 18.2 Å². The Hall–Kier alpha value is -1.75. The number of carboxylic acid groups (broad SMARTS) is 1. The van der Waals surface area contributed by atoms with Gasteiger partial charge in [0.25, 0.3) is 0 Å². The molecule has 1 unspecified atom stereocenters. The lowest BCUT2D eigenvalue weighted by atomic mass is 10.2. The SMILES string of the molecule is CCOc1cc(CN)ccc1OC(CC)C(=O)O. The molecular formula is C13H19NO4. The van der Waals surface area contributed by atoms with E-state index in [0.29, 0.717) is 31.1 Å². The Morgan fingerprint density at radius 1 is 1.39 bits per heavy atom. The normalized spacial score (nSPS) is 11.9. The van der Waals surface area contributed by atoms with Gasteiger partial charge in [0.05, 0.1) is 6.61 Å². The summed E-state index contributed by atoms with van der Waals surface area (Å²) in [6.45, 7) is 4.49. The van der Waals surface area contributed by atoms with Crippen molar-refractivity contribution < 1.29 is 19.4 Å². The number of aliphatic carboxylic acids is 1. The van der Waals surface area contributed by atoms with E-state index in [4.69, 9.17) is 20.3 Å². The number of rotatable bonds is 7. The Kier molecular flexibility index (Phi) is 5.45. The largest absolute Gasteiger partial charge is 0.490 e. The molecule has 1 atom stereocenters. The maximum atomic E-state index is 10.9. The van der Waals surface area contributed by atoms with Gasteiger partial charge in [-0.15, -0.1) is 0 Å². The molecule has 0 aromatic heterocycles. The van der Waals surface area contributed by atoms with Gasteiger partial charge < -0.3 is 20.3 Å². The molecule has 0 heterocycles. The van der Waals surface area contributed by atoms with Gasteiger partial charge in [0.2, 0.25) is 0 Å². The zero-order chi connectivity index (χ0) is 13.5. The molecule has 0 aliphatic carbocycles. The summed E-state index contributed by atoms with van der Waals surface area (Å²) in [5.74, 6) is -0.0219. The van der Waals surface area contributed by atoms with Crippen molar-refractivity contribution in [3.05, 3.63) is 23.8 Å². The van der Waals surface area contributed by atoms with Gasteiger partial charge in [0.1, 0.15) is 0 Å². The van der Waals surface area contributed by atoms with Crippen molar-refractivity contribution >= 4 is 5.97 Å². The highest BCUT2D eigenvalue weighted by atomic mass is 16.5. The van der Waals surface area contributed by atoms with Crippen LogP contribution in [0.3, 0.4) is 0 Å². The maximum absolute atomic E-state index is 10.9. The van der Waals surface area contributed by atoms with Gasteiger partial charge in [-0.1, -0.05) is 13.0 Å². The summed E-state index contributed by atoms with van der Waals surface area (Å²) >= 11 is 0. The fourth-order valence-electron chi connectivity index (χ4n) is 1.51. The molecule has 0 aliphatic rings. The first-order chi connectivity index (χ1) is 8.62. The first kappa shape index (κ1) is 14.3. The maximum Gasteiger partial charge on any atom is 0.344 e. The fraction of sp³-hybridized carbons (Fsp3) is 0.462. The minimum absolute atomic E-state index is 0.388. The summed E-state index contributed by atoms with van der Waals surface area (Å²) in [6.07, 6.45) is -0.479. The molecule has 0 fully saturated rings. The highest BCUT2D eigenvalue weighted by Gasteiger charge is 2.19. The van der Waals surface area contributed by atoms with Gasteiger partial charge in [-0.2, -0.15) is 0 Å². The third kappa shape index (κ3) is 3.63. The molecular weight excluding hydrogens is 234 g/mol. The van der Waals surface area contributed by atoms with Crippen LogP contribution in [0.4, 0.5) is 0 Å². The molecule has 18 heavy (non-hydrogen) atoms. The fourth-order valence-corrected chi connectivity index (χ4v) is 1.51. The first-order valence-corrected chi connectivity index (χ1v) is 5.97. The third-order valence-electron chi connectivity index (χ3n) is 2.46. The minimum atomic E-state index is -0.983. The molecule has 0 bridgehead atoms. The van der Waals surface area contributed by atoms with Crippen LogP contribution >= 0.6 is 0 Å². The molecule has 0 saturated heterocycles. The van der Waals surface area contributed by atoms with Crippen LogP contribution in [0.1, 0.15) is 25.8 Å². The Labute approximate surface area is 107 Å². The first-order valence-electron chi connectivity index (χ1n) is 5.97. The summed E-state index contributed by atoms with van der Waals surface area (Å²) in [4.78, 5) is 10.9. The van der Waals surface area contributed by atoms with E-state index in [2.05, 4.69) is 0 Å². The Balaban J connectivity index is 2.95. The monoisotopic (exact) mass is 253 g/mol. The number of ether oxygens (including phenoxy) is 2. The van der Waals surface area contributed by atoms with Crippen molar-refractivity contribution in [2.75, 3.05) is 6.61 Å². The molecule has 5 heteroatoms. The lowest BCUT2D eigenvalue weighted by molar-refractivity contribution is -0.145. The topological polar surface area (TPSA) is 81.8 Å². The molecule has 0 spiro atoms. The van der Waals surface area contributed by atoms with E-state index in [1.807, 2.05) is 6.92 Å². The predicted molar refractivity (Wildman–Crippen MR) is 67.8 cm³/mol. The van der Waals surface area contributed by atoms with E-state index in [-0.39, 0.29) is 0 Å². The van der Waals surface area contributed by atoms with Crippen LogP contribution < -0.4 is 15.2 Å². The van der Waals surface area contributed by atoms with Crippen molar-refractivity contribution in [1.29, 1.82) is 0 Å². The molecule has 5 nitrogen and oxygen atoms in total. The molecule has 1 aromatic carbocycles. The Bertz CT molecular complexity index is 406. The smallest absolute Gasteiger partial charge is 0.344 e. The summed E-state index contributed by atoms with van der Waals surface area (Å²) in [5, 5.41) is 8.97. The second-order valence-corrected chi connectivity index (χ2v) is 3.77. The van der Waals surface area contributed by atoms with E-state index in [1.165, 1.54) is 0 Å². The van der Waals surface area contributed by atoms with Crippen molar-refractivity contribution in [3.63, 3.8) is 0 Å². The Morgan fingerprint density at radius 2 is 2.11 bits per heavy atom. The van der Waals surface area contributed by atoms with Crippen LogP contribution in [0.5, 0.6) is 11.5 Å². The minimum Gasteiger partial charge on any atom is -0.490 e. The molecule has 0 amide bonds. The lowest BCUT2D eigenvalue weighted by Gasteiger charge is -2.17. The van der Waals surface area contributed by atoms with E-state index in [9.17, 15) is 4.79 Å². The van der Waals surface area contributed by atoms with Gasteiger partial charge in [0.15, 0.2) is 17.6 Å². The van der Waals surface area contributed by atoms with Gasteiger partial charge in [-0.25, -0.2) is 4.79 Å². The predicted octanol–water partition coefficient (Wildman–Crippen LogP) is 1.79. The molecule has 0 radical (unpaired) electrons. The number of hydrogen-bond acceptors (Lipinski definition) is 4. The van der Waals surface area contributed by atoms with E-state index < -0.39 is 12.1 Å². The van der Waals surface area contributed by atoms with Crippen LogP contribution in [0, 0.1) is 0 Å². The number of carbonyl (C=O) groups is 1. The van der Waals surface area contributed by atoms with E-state index >= 15 is 0 Å². The number of nitrogens with two attached hydrogens (primary N) is 1. The second kappa shape index (κ2) is 6.86. The molecule has 100 valence electrons. The molecule has 0 saturated carbocycles. The molecule has 1 rings (SSSR count). The highest BCUT2D eigenvalue weighted by molar-refractivity contribution is 5.72. The van der Waals surface area contributed by atoms with Crippen LogP contribution in [-0.4, -0.2) is 23.8 Å². The van der Waals surface area contributed by atoms with Gasteiger partial charge in [-0.05, 0) is 31.0 Å². The molecule has 1 aromatic rings. The molecule has 3 N–H and O–H groups in total. The van der Waals surface area contributed by atoms with Crippen LogP contribution in [-0.2, 0) is 11.3 Å². The average molecular weight is 253 g/mol. The average Bonchev–Trinajstić information content (AvgIpc) is 2.37. The van der Waals surface area contributed by atoms with Crippen molar-refractivity contribution in [2.45, 2.75) is 32.9 Å². The second-order valence-electron chi connectivity index (χ2n) is 3.77. The quantitative estimate of drug-likeness (QED) is 0.774. The number of hydrogen-bond donors (Lipinski definition) is 2. The zero-order valence-corrected chi connectivity index (χ0v) is 10.7. The van der Waals surface area contributed by atoms with E-state index in [0.717, 1.165) is 5.56 Å². The summed E-state index contributed by atoms with van der Waals surface area (Å²) in [5.41, 5.74) is 6.46. The van der Waals surface area contributed by atoms with Crippen LogP contribution in [0.2, 0.25) is 0 Å². The zero-order valence-electron chi connectivity index (χ0n) is 10.7. The van der Waals surface area contributed by atoms with E-state index in [1.54, 1.807) is 25.1 Å². The van der Waals surface area contributed by atoms with Gasteiger partial charge in [0, 0.05) is 6.54 Å². The molecule has 0 aliphatic heterocycles. The summed E-state index contributed by atoms with van der Waals surface area (Å²) in [6, 6.07) is 5.26. The van der Waals surface area contributed by atoms with Crippen molar-refractivity contribution in [2.24, 2.45) is 5.73 Å². The summed E-state index contributed by atoms with van der Waals surface area (Å²) in [7, 11) is 0. The number of carboxylic acids is 1. The van der Waals surface area contributed by atoms with Crippen molar-refractivity contribution in [3.8, 4) is 11.5 Å². The van der Waals surface area contributed by atoms with Gasteiger partial charge in [-0.3, -0.25) is 0 Å². The number of benzene rings is 1. The lowest BCUT2D eigenvalue weighted by Crippen LogP contribution is -2.26. The Morgan fingerprint density at radius 3 is 2.61 bits per heavy atom. The third-order valence-corrected chi connectivity index (χ3v) is 2.46. The van der Waals surface area contributed by atoms with Crippen LogP contribution in [0.25, 0.3) is 0 Å².